The van der Waals surface area contributed by atoms with Crippen LogP contribution in [0.5, 0.6) is 0 Å². The maximum absolute atomic E-state index is 15.3. The van der Waals surface area contributed by atoms with Gasteiger partial charge in [0, 0.05) is 30.9 Å². The van der Waals surface area contributed by atoms with Crippen molar-refractivity contribution in [3.8, 4) is 0 Å². The minimum atomic E-state index is -0.282. The number of fused-ring (bicyclic) bond motifs is 3. The molecule has 4 atom stereocenters. The molecule has 39 heavy (non-hydrogen) atoms. The number of hydrogen-bond acceptors (Lipinski definition) is 8. The number of carbonyl (C=O) groups is 1. The van der Waals surface area contributed by atoms with Gasteiger partial charge in [-0.05, 0) is 86.7 Å². The normalized spacial score (nSPS) is 27.1. The Hall–Kier alpha value is -3.24. The second-order valence-corrected chi connectivity index (χ2v) is 12.2. The molecule has 2 saturated heterocycles. The van der Waals surface area contributed by atoms with Gasteiger partial charge in [0.15, 0.2) is 0 Å². The molecule has 10 heteroatoms. The molecule has 1 saturated carbocycles. The van der Waals surface area contributed by atoms with Crippen LogP contribution in [-0.4, -0.2) is 59.0 Å². The van der Waals surface area contributed by atoms with Crippen LogP contribution in [0, 0.1) is 23.6 Å². The van der Waals surface area contributed by atoms with Gasteiger partial charge >= 0.3 is 0 Å². The highest BCUT2D eigenvalue weighted by atomic mass is 32.1. The summed E-state index contributed by atoms with van der Waals surface area (Å²) in [6.07, 6.45) is 9.98. The van der Waals surface area contributed by atoms with E-state index >= 15 is 4.39 Å². The van der Waals surface area contributed by atoms with Crippen molar-refractivity contribution in [3.05, 3.63) is 47.6 Å². The van der Waals surface area contributed by atoms with Gasteiger partial charge < -0.3 is 26.2 Å². The predicted molar refractivity (Wildman–Crippen MR) is 154 cm³/mol. The number of rotatable bonds is 7. The molecule has 7 rings (SSSR count). The molecule has 204 valence electrons. The highest BCUT2D eigenvalue weighted by Crippen LogP contribution is 2.45. The summed E-state index contributed by atoms with van der Waals surface area (Å²) in [5, 5.41) is 8.71. The third-order valence-electron chi connectivity index (χ3n) is 9.06. The number of nitrogens with one attached hydrogen (secondary N) is 2. The van der Waals surface area contributed by atoms with Gasteiger partial charge in [-0.3, -0.25) is 4.79 Å². The predicted octanol–water partition coefficient (Wildman–Crippen LogP) is 4.73. The number of aromatic nitrogens is 2. The van der Waals surface area contributed by atoms with Crippen LogP contribution in [0.3, 0.4) is 0 Å². The van der Waals surface area contributed by atoms with Crippen molar-refractivity contribution in [2.24, 2.45) is 23.5 Å². The van der Waals surface area contributed by atoms with Gasteiger partial charge in [-0.1, -0.05) is 12.2 Å². The summed E-state index contributed by atoms with van der Waals surface area (Å²) in [4.78, 5) is 26.4. The number of thiophene rings is 1. The second-order valence-electron chi connectivity index (χ2n) is 11.3. The van der Waals surface area contributed by atoms with E-state index in [4.69, 9.17) is 10.7 Å². The van der Waals surface area contributed by atoms with Crippen molar-refractivity contribution in [2.75, 3.05) is 41.7 Å². The lowest BCUT2D eigenvalue weighted by atomic mass is 9.88. The first-order valence-corrected chi connectivity index (χ1v) is 15.0. The molecule has 3 aromatic rings. The molecule has 2 aromatic heterocycles. The fourth-order valence-electron chi connectivity index (χ4n) is 7.13. The Morgan fingerprint density at radius 2 is 1.85 bits per heavy atom. The molecule has 2 aliphatic heterocycles. The van der Waals surface area contributed by atoms with Gasteiger partial charge in [-0.2, -0.15) is 4.98 Å². The SMILES string of the molecule is NC(=O)C1C2C=CC(C2)C1Nc1nc(Nc2ccc(N3CCC(N4CCCC4)CC3)c(F)c2)nc2ccsc12. The average molecular weight is 548 g/mol. The Bertz CT molecular complexity index is 1410. The third kappa shape index (κ3) is 4.63. The van der Waals surface area contributed by atoms with Gasteiger partial charge in [0.05, 0.1) is 21.8 Å². The topological polar surface area (TPSA) is 99.4 Å². The first kappa shape index (κ1) is 24.8. The van der Waals surface area contributed by atoms with Crippen LogP contribution in [0.4, 0.5) is 27.5 Å². The van der Waals surface area contributed by atoms with Crippen LogP contribution in [0.2, 0.25) is 0 Å². The standard InChI is InChI=1S/C29H34FN7OS/c30-21-16-19(5-6-23(21)37-12-7-20(8-13-37)36-10-1-2-11-36)32-29-33-22-9-14-39-26(22)28(35-29)34-25-18-4-3-17(15-18)24(25)27(31)38/h3-6,9,14,16-18,20,24-25H,1-2,7-8,10-13,15H2,(H2,31,38)(H2,32,33,34,35). The van der Waals surface area contributed by atoms with Crippen LogP contribution < -0.4 is 21.3 Å². The smallest absolute Gasteiger partial charge is 0.229 e. The lowest BCUT2D eigenvalue weighted by Crippen LogP contribution is -2.44. The van der Waals surface area contributed by atoms with Crippen molar-refractivity contribution in [2.45, 2.75) is 44.2 Å². The largest absolute Gasteiger partial charge is 0.369 e. The molecule has 2 bridgehead atoms. The number of amides is 1. The number of benzene rings is 1. The van der Waals surface area contributed by atoms with Crippen molar-refractivity contribution in [1.82, 2.24) is 14.9 Å². The van der Waals surface area contributed by atoms with Crippen LogP contribution in [0.25, 0.3) is 10.2 Å². The minimum Gasteiger partial charge on any atom is -0.369 e. The molecule has 1 amide bonds. The Balaban J connectivity index is 1.08. The molecule has 8 nitrogen and oxygen atoms in total. The summed E-state index contributed by atoms with van der Waals surface area (Å²) >= 11 is 1.55. The van der Waals surface area contributed by atoms with Crippen LogP contribution >= 0.6 is 11.3 Å². The fraction of sp³-hybridized carbons (Fsp3) is 0.483. The van der Waals surface area contributed by atoms with E-state index in [9.17, 15) is 4.79 Å². The van der Waals surface area contributed by atoms with E-state index in [1.807, 2.05) is 23.6 Å². The van der Waals surface area contributed by atoms with Crippen LogP contribution in [-0.2, 0) is 4.79 Å². The first-order chi connectivity index (χ1) is 19.0. The van der Waals surface area contributed by atoms with Gasteiger partial charge in [-0.25, -0.2) is 9.37 Å². The zero-order valence-corrected chi connectivity index (χ0v) is 22.7. The van der Waals surface area contributed by atoms with Crippen molar-refractivity contribution < 1.29 is 9.18 Å². The molecule has 3 fully saturated rings. The average Bonchev–Trinajstić information content (AvgIpc) is 3.74. The van der Waals surface area contributed by atoms with E-state index in [-0.39, 0.29) is 35.5 Å². The van der Waals surface area contributed by atoms with Crippen LogP contribution in [0.15, 0.2) is 41.8 Å². The number of halogens is 1. The lowest BCUT2D eigenvalue weighted by Gasteiger charge is -2.38. The lowest BCUT2D eigenvalue weighted by molar-refractivity contribution is -0.122. The molecular weight excluding hydrogens is 513 g/mol. The van der Waals surface area contributed by atoms with Crippen molar-refractivity contribution in [3.63, 3.8) is 0 Å². The van der Waals surface area contributed by atoms with Gasteiger partial charge in [0.25, 0.3) is 0 Å². The third-order valence-corrected chi connectivity index (χ3v) is 9.97. The van der Waals surface area contributed by atoms with Gasteiger partial charge in [0.2, 0.25) is 11.9 Å². The number of nitrogens with two attached hydrogens (primary N) is 1. The van der Waals surface area contributed by atoms with E-state index in [2.05, 4.69) is 37.6 Å². The summed E-state index contributed by atoms with van der Waals surface area (Å²) < 4.78 is 16.2. The number of hydrogen-bond donors (Lipinski definition) is 3. The summed E-state index contributed by atoms with van der Waals surface area (Å²) in [6.45, 7) is 4.17. The van der Waals surface area contributed by atoms with E-state index in [0.717, 1.165) is 42.6 Å². The Morgan fingerprint density at radius 3 is 2.62 bits per heavy atom. The molecule has 2 aliphatic carbocycles. The summed E-state index contributed by atoms with van der Waals surface area (Å²) in [7, 11) is 0. The van der Waals surface area contributed by atoms with Crippen LogP contribution in [0.1, 0.15) is 32.1 Å². The van der Waals surface area contributed by atoms with E-state index < -0.39 is 0 Å². The molecule has 1 aromatic carbocycles. The molecule has 0 spiro atoms. The van der Waals surface area contributed by atoms with E-state index in [1.165, 1.54) is 32.0 Å². The maximum atomic E-state index is 15.3. The van der Waals surface area contributed by atoms with Gasteiger partial charge in [0.1, 0.15) is 11.6 Å². The molecule has 0 radical (unpaired) electrons. The number of carbonyl (C=O) groups excluding carboxylic acids is 1. The van der Waals surface area contributed by atoms with Crippen molar-refractivity contribution >= 4 is 50.6 Å². The summed E-state index contributed by atoms with van der Waals surface area (Å²) in [6, 6.07) is 7.75. The quantitative estimate of drug-likeness (QED) is 0.368. The first-order valence-electron chi connectivity index (χ1n) is 14.1. The Morgan fingerprint density at radius 1 is 1.05 bits per heavy atom. The number of allylic oxidation sites excluding steroid dienone is 1. The molecule has 4 heterocycles. The highest BCUT2D eigenvalue weighted by Gasteiger charge is 2.47. The minimum absolute atomic E-state index is 0.100. The summed E-state index contributed by atoms with van der Waals surface area (Å²) in [5.41, 5.74) is 7.82. The fourth-order valence-corrected chi connectivity index (χ4v) is 7.91. The summed E-state index contributed by atoms with van der Waals surface area (Å²) in [5.74, 6) is 0.696. The number of likely N-dealkylation sites (tertiary alicyclic amines) is 1. The second kappa shape index (κ2) is 10.1. The molecule has 4 N–H and O–H groups in total. The Kier molecular flexibility index (Phi) is 6.39. The van der Waals surface area contributed by atoms with E-state index in [0.29, 0.717) is 29.2 Å². The number of primary amides is 1. The molecule has 4 aliphatic rings. The Labute approximate surface area is 231 Å². The van der Waals surface area contributed by atoms with E-state index in [1.54, 1.807) is 11.3 Å². The zero-order valence-electron chi connectivity index (χ0n) is 21.9. The number of nitrogens with zero attached hydrogens (tertiary/aromatic N) is 4. The molecule has 4 unspecified atom stereocenters. The maximum Gasteiger partial charge on any atom is 0.229 e. The van der Waals surface area contributed by atoms with Crippen molar-refractivity contribution in [1.29, 1.82) is 0 Å². The number of anilines is 4. The molecular formula is C29H34FN7OS. The highest BCUT2D eigenvalue weighted by molar-refractivity contribution is 7.17. The number of piperidine rings is 1. The zero-order chi connectivity index (χ0) is 26.5. The van der Waals surface area contributed by atoms with Gasteiger partial charge in [-0.15, -0.1) is 11.3 Å². The monoisotopic (exact) mass is 547 g/mol.